The molecule has 1 aromatic heterocycles. The van der Waals surface area contributed by atoms with E-state index in [1.807, 2.05) is 12.4 Å². The number of rotatable bonds is 5. The summed E-state index contributed by atoms with van der Waals surface area (Å²) in [5.74, 6) is 1.32. The number of pyridine rings is 1. The fraction of sp³-hybridized carbons (Fsp3) is 0.737. The van der Waals surface area contributed by atoms with Gasteiger partial charge in [-0.2, -0.15) is 0 Å². The highest BCUT2D eigenvalue weighted by Crippen LogP contribution is 2.27. The maximum absolute atomic E-state index is 10.3. The van der Waals surface area contributed by atoms with Gasteiger partial charge in [-0.15, -0.1) is 0 Å². The molecule has 1 aromatic rings. The molecule has 1 aliphatic heterocycles. The minimum absolute atomic E-state index is 0.165. The minimum Gasteiger partial charge on any atom is -0.391 e. The van der Waals surface area contributed by atoms with E-state index in [-0.39, 0.29) is 6.10 Å². The Morgan fingerprint density at radius 2 is 1.77 bits per heavy atom. The summed E-state index contributed by atoms with van der Waals surface area (Å²) in [7, 11) is 0. The highest BCUT2D eigenvalue weighted by atomic mass is 16.3. The Bertz CT molecular complexity index is 428. The first-order valence-corrected chi connectivity index (χ1v) is 9.10. The third-order valence-electron chi connectivity index (χ3n) is 5.56. The van der Waals surface area contributed by atoms with Gasteiger partial charge >= 0.3 is 0 Å². The predicted octanol–water partition coefficient (Wildman–Crippen LogP) is 3.28. The van der Waals surface area contributed by atoms with Crippen molar-refractivity contribution in [3.8, 4) is 0 Å². The second kappa shape index (κ2) is 8.07. The quantitative estimate of drug-likeness (QED) is 0.848. The molecule has 2 aliphatic rings. The molecule has 2 heterocycles. The molecule has 1 saturated heterocycles. The molecule has 1 aliphatic carbocycles. The van der Waals surface area contributed by atoms with Gasteiger partial charge in [0.1, 0.15) is 0 Å². The summed E-state index contributed by atoms with van der Waals surface area (Å²) in [4.78, 5) is 6.56. The normalized spacial score (nSPS) is 27.9. The zero-order valence-electron chi connectivity index (χ0n) is 13.7. The summed E-state index contributed by atoms with van der Waals surface area (Å²) in [6, 6.07) is 4.14. The molecule has 0 bridgehead atoms. The topological polar surface area (TPSA) is 36.4 Å². The average molecular weight is 302 g/mol. The van der Waals surface area contributed by atoms with Gasteiger partial charge in [0.15, 0.2) is 0 Å². The van der Waals surface area contributed by atoms with Crippen LogP contribution in [-0.2, 0) is 6.42 Å². The van der Waals surface area contributed by atoms with Crippen LogP contribution in [0.5, 0.6) is 0 Å². The Kier molecular flexibility index (Phi) is 5.85. The maximum Gasteiger partial charge on any atom is 0.0710 e. The molecule has 3 heteroatoms. The minimum atomic E-state index is -0.165. The van der Waals surface area contributed by atoms with Crippen molar-refractivity contribution in [3.63, 3.8) is 0 Å². The van der Waals surface area contributed by atoms with Crippen LogP contribution in [0.4, 0.5) is 0 Å². The molecule has 0 spiro atoms. The average Bonchev–Trinajstić information content (AvgIpc) is 2.75. The van der Waals surface area contributed by atoms with Gasteiger partial charge < -0.3 is 10.0 Å². The lowest BCUT2D eigenvalue weighted by Gasteiger charge is -2.20. The Balaban J connectivity index is 1.44. The molecule has 0 unspecified atom stereocenters. The summed E-state index contributed by atoms with van der Waals surface area (Å²) in [5.41, 5.74) is 1.30. The Labute approximate surface area is 134 Å². The van der Waals surface area contributed by atoms with Crippen LogP contribution in [-0.4, -0.2) is 40.7 Å². The Hall–Kier alpha value is -0.930. The summed E-state index contributed by atoms with van der Waals surface area (Å²) in [5, 5.41) is 10.3. The monoisotopic (exact) mass is 302 g/mol. The van der Waals surface area contributed by atoms with E-state index < -0.39 is 0 Å². The highest BCUT2D eigenvalue weighted by molar-refractivity contribution is 5.11. The van der Waals surface area contributed by atoms with Gasteiger partial charge in [-0.05, 0) is 43.0 Å². The van der Waals surface area contributed by atoms with Crippen LogP contribution in [0, 0.1) is 11.8 Å². The van der Waals surface area contributed by atoms with Gasteiger partial charge in [0.25, 0.3) is 0 Å². The third-order valence-corrected chi connectivity index (χ3v) is 5.56. The lowest BCUT2D eigenvalue weighted by atomic mass is 9.96. The highest BCUT2D eigenvalue weighted by Gasteiger charge is 2.31. The Morgan fingerprint density at radius 1 is 1.05 bits per heavy atom. The molecular formula is C19H30N2O. The van der Waals surface area contributed by atoms with Gasteiger partial charge in [0.2, 0.25) is 0 Å². The van der Waals surface area contributed by atoms with Crippen LogP contribution < -0.4 is 0 Å². The molecule has 3 rings (SSSR count). The number of likely N-dealkylation sites (tertiary alicyclic amines) is 1. The first-order valence-electron chi connectivity index (χ1n) is 9.10. The fourth-order valence-corrected chi connectivity index (χ4v) is 4.16. The van der Waals surface area contributed by atoms with Crippen LogP contribution in [0.25, 0.3) is 0 Å². The number of aliphatic hydroxyl groups is 1. The van der Waals surface area contributed by atoms with Gasteiger partial charge in [0, 0.05) is 31.4 Å². The van der Waals surface area contributed by atoms with Crippen molar-refractivity contribution in [2.24, 2.45) is 11.8 Å². The van der Waals surface area contributed by atoms with Gasteiger partial charge in [-0.3, -0.25) is 4.98 Å². The van der Waals surface area contributed by atoms with Crippen LogP contribution in [0.15, 0.2) is 24.5 Å². The molecule has 1 saturated carbocycles. The van der Waals surface area contributed by atoms with Crippen molar-refractivity contribution in [3.05, 3.63) is 30.1 Å². The fourth-order valence-electron chi connectivity index (χ4n) is 4.16. The van der Waals surface area contributed by atoms with E-state index in [1.165, 1.54) is 57.1 Å². The standard InChI is InChI=1S/C19H30N2O/c22-19-15-21(12-9-16-5-3-1-2-4-6-16)14-18(19)13-17-7-10-20-11-8-17/h7-8,10-11,16,18-19,22H,1-6,9,12-15H2/t18-,19+/m1/s1. The van der Waals surface area contributed by atoms with Gasteiger partial charge in [-0.1, -0.05) is 38.5 Å². The molecule has 0 amide bonds. The van der Waals surface area contributed by atoms with Crippen molar-refractivity contribution in [2.75, 3.05) is 19.6 Å². The molecule has 3 nitrogen and oxygen atoms in total. The first-order chi connectivity index (χ1) is 10.8. The number of nitrogens with zero attached hydrogens (tertiary/aromatic N) is 2. The van der Waals surface area contributed by atoms with Crippen molar-refractivity contribution in [2.45, 2.75) is 57.5 Å². The van der Waals surface area contributed by atoms with Crippen molar-refractivity contribution in [1.29, 1.82) is 0 Å². The summed E-state index contributed by atoms with van der Waals surface area (Å²) >= 11 is 0. The molecule has 22 heavy (non-hydrogen) atoms. The van der Waals surface area contributed by atoms with E-state index in [4.69, 9.17) is 0 Å². The maximum atomic E-state index is 10.3. The number of aliphatic hydroxyl groups excluding tert-OH is 1. The van der Waals surface area contributed by atoms with Crippen molar-refractivity contribution in [1.82, 2.24) is 9.88 Å². The lowest BCUT2D eigenvalue weighted by Crippen LogP contribution is -2.24. The number of hydrogen-bond donors (Lipinski definition) is 1. The smallest absolute Gasteiger partial charge is 0.0710 e. The zero-order chi connectivity index (χ0) is 15.2. The number of aromatic nitrogens is 1. The molecule has 122 valence electrons. The molecule has 0 aromatic carbocycles. The second-order valence-electron chi connectivity index (χ2n) is 7.29. The SMILES string of the molecule is O[C@H]1CN(CCC2CCCCCC2)C[C@H]1Cc1ccncc1. The second-order valence-corrected chi connectivity index (χ2v) is 7.29. The first kappa shape index (κ1) is 15.9. The van der Waals surface area contributed by atoms with Crippen LogP contribution in [0.2, 0.25) is 0 Å². The number of hydrogen-bond acceptors (Lipinski definition) is 3. The van der Waals surface area contributed by atoms with E-state index >= 15 is 0 Å². The molecule has 2 fully saturated rings. The van der Waals surface area contributed by atoms with E-state index in [2.05, 4.69) is 22.0 Å². The Morgan fingerprint density at radius 3 is 2.50 bits per heavy atom. The van der Waals surface area contributed by atoms with Gasteiger partial charge in [0.05, 0.1) is 6.10 Å². The van der Waals surface area contributed by atoms with Crippen LogP contribution in [0.1, 0.15) is 50.5 Å². The lowest BCUT2D eigenvalue weighted by molar-refractivity contribution is 0.140. The summed E-state index contributed by atoms with van der Waals surface area (Å²) < 4.78 is 0. The molecular weight excluding hydrogens is 272 g/mol. The number of β-amino-alcohol motifs (C(OH)–C–C–N with tert-alkyl or cyclic N) is 1. The molecule has 0 radical (unpaired) electrons. The summed E-state index contributed by atoms with van der Waals surface area (Å²) in [6.45, 7) is 3.09. The van der Waals surface area contributed by atoms with Crippen molar-refractivity contribution < 1.29 is 5.11 Å². The predicted molar refractivity (Wildman–Crippen MR) is 89.7 cm³/mol. The van der Waals surface area contributed by atoms with E-state index in [9.17, 15) is 5.11 Å². The zero-order valence-corrected chi connectivity index (χ0v) is 13.7. The molecule has 1 N–H and O–H groups in total. The van der Waals surface area contributed by atoms with Crippen LogP contribution >= 0.6 is 0 Å². The van der Waals surface area contributed by atoms with Gasteiger partial charge in [-0.25, -0.2) is 0 Å². The van der Waals surface area contributed by atoms with Crippen LogP contribution in [0.3, 0.4) is 0 Å². The van der Waals surface area contributed by atoms with E-state index in [0.29, 0.717) is 5.92 Å². The largest absolute Gasteiger partial charge is 0.391 e. The third kappa shape index (κ3) is 4.53. The van der Waals surface area contributed by atoms with Crippen molar-refractivity contribution >= 4 is 0 Å². The summed E-state index contributed by atoms with van der Waals surface area (Å²) in [6.07, 6.45) is 14.4. The van der Waals surface area contributed by atoms with E-state index in [1.54, 1.807) is 0 Å². The van der Waals surface area contributed by atoms with E-state index in [0.717, 1.165) is 25.4 Å². The molecule has 2 atom stereocenters.